The van der Waals surface area contributed by atoms with Gasteiger partial charge in [-0.15, -0.1) is 0 Å². The lowest BCUT2D eigenvalue weighted by Crippen LogP contribution is -2.21. The number of carbonyl (C=O) groups excluding carboxylic acids is 1. The number of methoxy groups -OCH3 is 1. The minimum absolute atomic E-state index is 0.0129. The number of para-hydroxylation sites is 1. The molecule has 0 spiro atoms. The Morgan fingerprint density at radius 2 is 2.31 bits per heavy atom. The molecule has 0 amide bonds. The third-order valence-electron chi connectivity index (χ3n) is 2.31. The molecule has 0 saturated carbocycles. The highest BCUT2D eigenvalue weighted by Gasteiger charge is 2.07. The van der Waals surface area contributed by atoms with E-state index in [2.05, 4.69) is 4.98 Å². The maximum atomic E-state index is 11.9. The molecule has 82 valence electrons. The molecule has 0 bridgehead atoms. The highest BCUT2D eigenvalue weighted by atomic mass is 16.5. The molecule has 0 fully saturated rings. The van der Waals surface area contributed by atoms with Crippen LogP contribution in [0.25, 0.3) is 10.9 Å². The first-order valence-corrected chi connectivity index (χ1v) is 4.73. The molecule has 16 heavy (non-hydrogen) atoms. The molecule has 1 aromatic carbocycles. The average molecular weight is 218 g/mol. The predicted molar refractivity (Wildman–Crippen MR) is 58.6 cm³/mol. The summed E-state index contributed by atoms with van der Waals surface area (Å²) in [4.78, 5) is 26.4. The van der Waals surface area contributed by atoms with E-state index in [9.17, 15) is 9.59 Å². The number of fused-ring (bicyclic) bond motifs is 1. The van der Waals surface area contributed by atoms with Crippen LogP contribution in [0.15, 0.2) is 29.3 Å². The van der Waals surface area contributed by atoms with Gasteiger partial charge in [0.15, 0.2) is 0 Å². The number of aromatic nitrogens is 2. The molecule has 0 aliphatic carbocycles. The quantitative estimate of drug-likeness (QED) is 0.708. The minimum atomic E-state index is -0.240. The zero-order chi connectivity index (χ0) is 11.5. The largest absolute Gasteiger partial charge is 0.494 e. The number of rotatable bonds is 3. The molecular formula is C11H10N2O3. The van der Waals surface area contributed by atoms with Crippen molar-refractivity contribution in [3.8, 4) is 5.75 Å². The summed E-state index contributed by atoms with van der Waals surface area (Å²) < 4.78 is 6.36. The Morgan fingerprint density at radius 3 is 3.00 bits per heavy atom. The fourth-order valence-corrected chi connectivity index (χ4v) is 1.54. The summed E-state index contributed by atoms with van der Waals surface area (Å²) in [5.41, 5.74) is 0.271. The monoisotopic (exact) mass is 218 g/mol. The molecule has 0 aliphatic heterocycles. The number of ether oxygens (including phenoxy) is 1. The average Bonchev–Trinajstić information content (AvgIpc) is 2.32. The zero-order valence-electron chi connectivity index (χ0n) is 8.71. The molecule has 0 atom stereocenters. The van der Waals surface area contributed by atoms with Gasteiger partial charge in [-0.1, -0.05) is 6.07 Å². The fourth-order valence-electron chi connectivity index (χ4n) is 1.54. The van der Waals surface area contributed by atoms with E-state index in [-0.39, 0.29) is 12.1 Å². The fraction of sp³-hybridized carbons (Fsp3) is 0.182. The van der Waals surface area contributed by atoms with Crippen LogP contribution in [0.3, 0.4) is 0 Å². The van der Waals surface area contributed by atoms with E-state index >= 15 is 0 Å². The van der Waals surface area contributed by atoms with Gasteiger partial charge in [0.2, 0.25) is 0 Å². The van der Waals surface area contributed by atoms with Crippen molar-refractivity contribution in [1.82, 2.24) is 9.55 Å². The third kappa shape index (κ3) is 1.56. The topological polar surface area (TPSA) is 61.2 Å². The Balaban J connectivity index is 2.76. The van der Waals surface area contributed by atoms with Crippen LogP contribution in [0.2, 0.25) is 0 Å². The molecule has 0 saturated heterocycles. The van der Waals surface area contributed by atoms with Crippen molar-refractivity contribution < 1.29 is 9.53 Å². The summed E-state index contributed by atoms with van der Waals surface area (Å²) >= 11 is 0. The Morgan fingerprint density at radius 1 is 1.50 bits per heavy atom. The number of hydrogen-bond acceptors (Lipinski definition) is 4. The second-order valence-corrected chi connectivity index (χ2v) is 3.23. The summed E-state index contributed by atoms with van der Waals surface area (Å²) in [7, 11) is 1.52. The van der Waals surface area contributed by atoms with Gasteiger partial charge in [0, 0.05) is 0 Å². The first-order valence-electron chi connectivity index (χ1n) is 4.73. The lowest BCUT2D eigenvalue weighted by molar-refractivity contribution is -0.108. The molecule has 0 aliphatic rings. The highest BCUT2D eigenvalue weighted by molar-refractivity contribution is 5.83. The maximum absolute atomic E-state index is 11.9. The van der Waals surface area contributed by atoms with E-state index in [0.717, 1.165) is 0 Å². The SMILES string of the molecule is COc1cccc2c(=O)n(CC=O)cnc12. The van der Waals surface area contributed by atoms with Gasteiger partial charge in [0.25, 0.3) is 5.56 Å². The van der Waals surface area contributed by atoms with Crippen LogP contribution >= 0.6 is 0 Å². The van der Waals surface area contributed by atoms with Crippen molar-refractivity contribution >= 4 is 17.2 Å². The molecule has 5 heteroatoms. The molecule has 1 heterocycles. The molecule has 0 radical (unpaired) electrons. The van der Waals surface area contributed by atoms with E-state index in [1.165, 1.54) is 18.0 Å². The lowest BCUT2D eigenvalue weighted by atomic mass is 10.2. The molecule has 0 unspecified atom stereocenters. The number of carbonyl (C=O) groups is 1. The summed E-state index contributed by atoms with van der Waals surface area (Å²) in [5, 5.41) is 0.448. The van der Waals surface area contributed by atoms with E-state index in [1.807, 2.05) is 0 Å². The van der Waals surface area contributed by atoms with E-state index in [0.29, 0.717) is 22.9 Å². The second-order valence-electron chi connectivity index (χ2n) is 3.23. The number of nitrogens with zero attached hydrogens (tertiary/aromatic N) is 2. The van der Waals surface area contributed by atoms with Gasteiger partial charge in [-0.05, 0) is 12.1 Å². The number of hydrogen-bond donors (Lipinski definition) is 0. The van der Waals surface area contributed by atoms with Crippen molar-refractivity contribution in [2.24, 2.45) is 0 Å². The molecular weight excluding hydrogens is 208 g/mol. The molecule has 2 rings (SSSR count). The molecule has 1 aromatic heterocycles. The summed E-state index contributed by atoms with van der Waals surface area (Å²) in [6.45, 7) is 0.0129. The molecule has 2 aromatic rings. The number of benzene rings is 1. The van der Waals surface area contributed by atoms with Gasteiger partial charge in [-0.3, -0.25) is 9.36 Å². The van der Waals surface area contributed by atoms with Crippen molar-refractivity contribution in [2.45, 2.75) is 6.54 Å². The first kappa shape index (κ1) is 10.4. The lowest BCUT2D eigenvalue weighted by Gasteiger charge is -2.05. The second kappa shape index (κ2) is 4.14. The highest BCUT2D eigenvalue weighted by Crippen LogP contribution is 2.19. The van der Waals surface area contributed by atoms with E-state index in [4.69, 9.17) is 4.74 Å². The van der Waals surface area contributed by atoms with Crippen LogP contribution in [0, 0.1) is 0 Å². The first-order chi connectivity index (χ1) is 7.77. The Bertz CT molecular complexity index is 589. The van der Waals surface area contributed by atoms with Crippen LogP contribution in [-0.4, -0.2) is 22.9 Å². The van der Waals surface area contributed by atoms with Crippen molar-refractivity contribution in [3.63, 3.8) is 0 Å². The maximum Gasteiger partial charge on any atom is 0.261 e. The Labute approximate surface area is 91.3 Å². The minimum Gasteiger partial charge on any atom is -0.494 e. The van der Waals surface area contributed by atoms with Crippen LogP contribution in [0.4, 0.5) is 0 Å². The van der Waals surface area contributed by atoms with E-state index < -0.39 is 0 Å². The number of aldehydes is 1. The zero-order valence-corrected chi connectivity index (χ0v) is 8.71. The van der Waals surface area contributed by atoms with Gasteiger partial charge in [-0.2, -0.15) is 0 Å². The Hall–Kier alpha value is -2.17. The Kier molecular flexibility index (Phi) is 2.68. The summed E-state index contributed by atoms with van der Waals surface area (Å²) in [6, 6.07) is 5.11. The smallest absolute Gasteiger partial charge is 0.261 e. The predicted octanol–water partition coefficient (Wildman–Crippen LogP) is 0.604. The third-order valence-corrected chi connectivity index (χ3v) is 2.31. The van der Waals surface area contributed by atoms with Crippen molar-refractivity contribution in [3.05, 3.63) is 34.9 Å². The van der Waals surface area contributed by atoms with Crippen LogP contribution in [-0.2, 0) is 11.3 Å². The van der Waals surface area contributed by atoms with Crippen LogP contribution < -0.4 is 10.3 Å². The molecule has 5 nitrogen and oxygen atoms in total. The van der Waals surface area contributed by atoms with E-state index in [1.54, 1.807) is 18.2 Å². The van der Waals surface area contributed by atoms with Gasteiger partial charge in [0.05, 0.1) is 25.4 Å². The standard InChI is InChI=1S/C11H10N2O3/c1-16-9-4-2-3-8-10(9)12-7-13(5-6-14)11(8)15/h2-4,6-7H,5H2,1H3. The van der Waals surface area contributed by atoms with Gasteiger partial charge < -0.3 is 9.53 Å². The van der Waals surface area contributed by atoms with Crippen molar-refractivity contribution in [2.75, 3.05) is 7.11 Å². The van der Waals surface area contributed by atoms with Crippen LogP contribution in [0.5, 0.6) is 5.75 Å². The normalized spacial score (nSPS) is 10.3. The van der Waals surface area contributed by atoms with Gasteiger partial charge in [0.1, 0.15) is 17.6 Å². The van der Waals surface area contributed by atoms with Gasteiger partial charge in [-0.25, -0.2) is 4.98 Å². The van der Waals surface area contributed by atoms with Crippen molar-refractivity contribution in [1.29, 1.82) is 0 Å². The summed E-state index contributed by atoms with van der Waals surface area (Å²) in [5.74, 6) is 0.549. The van der Waals surface area contributed by atoms with Gasteiger partial charge >= 0.3 is 0 Å². The van der Waals surface area contributed by atoms with Crippen LogP contribution in [0.1, 0.15) is 0 Å². The molecule has 0 N–H and O–H groups in total. The summed E-state index contributed by atoms with van der Waals surface area (Å²) in [6.07, 6.45) is 2.01.